The van der Waals surface area contributed by atoms with Crippen molar-refractivity contribution < 1.29 is 28.6 Å². The first-order valence-electron chi connectivity index (χ1n) is 31.5. The van der Waals surface area contributed by atoms with Crippen LogP contribution in [0.4, 0.5) is 0 Å². The minimum atomic E-state index is -0.816. The molecule has 0 spiro atoms. The quantitative estimate of drug-likeness (QED) is 0.0261. The number of esters is 3. The zero-order valence-corrected chi connectivity index (χ0v) is 49.5. The van der Waals surface area contributed by atoms with Gasteiger partial charge in [-0.25, -0.2) is 0 Å². The minimum Gasteiger partial charge on any atom is -0.462 e. The fourth-order valence-electron chi connectivity index (χ4n) is 8.54. The Balaban J connectivity index is 4.29. The van der Waals surface area contributed by atoms with E-state index in [2.05, 4.69) is 136 Å². The fourth-order valence-corrected chi connectivity index (χ4v) is 8.54. The summed E-state index contributed by atoms with van der Waals surface area (Å²) in [4.78, 5) is 38.2. The summed E-state index contributed by atoms with van der Waals surface area (Å²) in [5.41, 5.74) is 0. The molecule has 0 aliphatic rings. The summed E-state index contributed by atoms with van der Waals surface area (Å²) in [5.74, 6) is -1.00. The highest BCUT2D eigenvalue weighted by Crippen LogP contribution is 2.16. The molecule has 6 nitrogen and oxygen atoms in total. The summed E-state index contributed by atoms with van der Waals surface area (Å²) >= 11 is 0. The van der Waals surface area contributed by atoms with E-state index in [0.717, 1.165) is 116 Å². The number of rotatable bonds is 56. The maximum Gasteiger partial charge on any atom is 0.306 e. The van der Waals surface area contributed by atoms with Crippen molar-refractivity contribution in [3.8, 4) is 0 Å². The molecule has 0 saturated carbocycles. The fraction of sp³-hybridized carbons (Fsp3) is 0.671. The molecule has 0 bridgehead atoms. The van der Waals surface area contributed by atoms with Crippen LogP contribution in [0, 0.1) is 0 Å². The van der Waals surface area contributed by atoms with Crippen molar-refractivity contribution in [1.82, 2.24) is 0 Å². The lowest BCUT2D eigenvalue weighted by molar-refractivity contribution is -0.166. The van der Waals surface area contributed by atoms with E-state index in [4.69, 9.17) is 14.2 Å². The highest BCUT2D eigenvalue weighted by Gasteiger charge is 2.19. The monoisotopic (exact) mass is 1050 g/mol. The van der Waals surface area contributed by atoms with E-state index >= 15 is 0 Å². The second kappa shape index (κ2) is 63.3. The van der Waals surface area contributed by atoms with Crippen LogP contribution in [0.3, 0.4) is 0 Å². The molecule has 76 heavy (non-hydrogen) atoms. The Kier molecular flexibility index (Phi) is 59.9. The Morgan fingerprint density at radius 3 is 0.882 bits per heavy atom. The molecule has 0 aliphatic carbocycles. The van der Waals surface area contributed by atoms with Crippen LogP contribution in [0.2, 0.25) is 0 Å². The van der Waals surface area contributed by atoms with E-state index < -0.39 is 6.10 Å². The van der Waals surface area contributed by atoms with Crippen LogP contribution in [-0.4, -0.2) is 37.2 Å². The topological polar surface area (TPSA) is 78.9 Å². The van der Waals surface area contributed by atoms with Gasteiger partial charge in [0.1, 0.15) is 13.2 Å². The van der Waals surface area contributed by atoms with E-state index in [1.54, 1.807) is 0 Å². The predicted molar refractivity (Wildman–Crippen MR) is 330 cm³/mol. The van der Waals surface area contributed by atoms with E-state index in [0.29, 0.717) is 19.3 Å². The molecule has 1 atom stereocenters. The zero-order valence-electron chi connectivity index (χ0n) is 49.5. The highest BCUT2D eigenvalue weighted by atomic mass is 16.6. The zero-order chi connectivity index (χ0) is 55.0. The van der Waals surface area contributed by atoms with Crippen molar-refractivity contribution in [2.24, 2.45) is 0 Å². The first-order valence-corrected chi connectivity index (χ1v) is 31.5. The molecular formula is C70H116O6. The summed E-state index contributed by atoms with van der Waals surface area (Å²) in [6.07, 6.45) is 88.0. The molecular weight excluding hydrogens is 937 g/mol. The van der Waals surface area contributed by atoms with Gasteiger partial charge in [-0.3, -0.25) is 14.4 Å². The molecule has 0 aromatic heterocycles. The van der Waals surface area contributed by atoms with Crippen LogP contribution < -0.4 is 0 Å². The Morgan fingerprint density at radius 2 is 0.539 bits per heavy atom. The number of allylic oxidation sites excluding steroid dienone is 20. The number of ether oxygens (including phenoxy) is 3. The van der Waals surface area contributed by atoms with Gasteiger partial charge in [-0.2, -0.15) is 0 Å². The highest BCUT2D eigenvalue weighted by molar-refractivity contribution is 5.71. The standard InChI is InChI=1S/C70H116O6/c1-4-7-10-13-16-19-22-25-27-29-30-31-32-33-34-35-36-37-38-39-40-41-43-45-48-51-54-57-60-63-69(72)75-66-67(65-74-68(71)62-59-56-53-50-47-44-24-21-18-15-12-9-6-3)76-70(73)64-61-58-55-52-49-46-42-28-26-23-20-17-14-11-8-5-2/h7,9-10,12,16,18-21,23,25,27-28,30-31,42,44,47,53,56,67H,4-6,8,11,13-15,17,22,24,26,29,32-41,43,45-46,48-52,54-55,57-66H2,1-3H3/b10-7-,12-9-,19-16-,21-18-,23-20-,27-25-,31-30-,42-28-,47-44-,56-53-. The van der Waals surface area contributed by atoms with Crippen molar-refractivity contribution in [1.29, 1.82) is 0 Å². The third-order valence-electron chi connectivity index (χ3n) is 13.2. The van der Waals surface area contributed by atoms with Crippen LogP contribution in [0.1, 0.15) is 284 Å². The van der Waals surface area contributed by atoms with Crippen LogP contribution in [0.25, 0.3) is 0 Å². The van der Waals surface area contributed by atoms with Crippen LogP contribution in [0.15, 0.2) is 122 Å². The molecule has 0 saturated heterocycles. The van der Waals surface area contributed by atoms with Gasteiger partial charge in [0.05, 0.1) is 0 Å². The van der Waals surface area contributed by atoms with Crippen LogP contribution in [-0.2, 0) is 28.6 Å². The van der Waals surface area contributed by atoms with E-state index in [9.17, 15) is 14.4 Å². The van der Waals surface area contributed by atoms with Gasteiger partial charge in [-0.1, -0.05) is 271 Å². The van der Waals surface area contributed by atoms with Crippen LogP contribution in [0.5, 0.6) is 0 Å². The molecule has 0 heterocycles. The molecule has 1 unspecified atom stereocenters. The SMILES string of the molecule is CC/C=C\C/C=C\C/C=C\C/C=C\CCCCCCCCCCCCCCCCCCC(=O)OCC(COC(=O)CC/C=C\C/C=C\C/C=C\C/C=C\CC)OC(=O)CCCCCCC/C=C\C/C=C\CCCCCC. The summed E-state index contributed by atoms with van der Waals surface area (Å²) in [6, 6.07) is 0. The molecule has 0 aliphatic heterocycles. The summed E-state index contributed by atoms with van der Waals surface area (Å²) in [6.45, 7) is 6.33. The summed E-state index contributed by atoms with van der Waals surface area (Å²) in [7, 11) is 0. The maximum atomic E-state index is 12.9. The molecule has 0 radical (unpaired) electrons. The Hall–Kier alpha value is -4.19. The number of hydrogen-bond acceptors (Lipinski definition) is 6. The number of hydrogen-bond donors (Lipinski definition) is 0. The van der Waals surface area contributed by atoms with E-state index in [1.165, 1.54) is 122 Å². The molecule has 0 fully saturated rings. The first kappa shape index (κ1) is 71.8. The third-order valence-corrected chi connectivity index (χ3v) is 13.2. The first-order chi connectivity index (χ1) is 37.5. The maximum absolute atomic E-state index is 12.9. The lowest BCUT2D eigenvalue weighted by atomic mass is 10.0. The van der Waals surface area contributed by atoms with Gasteiger partial charge in [-0.15, -0.1) is 0 Å². The number of carbonyl (C=O) groups is 3. The van der Waals surface area contributed by atoms with Gasteiger partial charge in [0, 0.05) is 19.3 Å². The lowest BCUT2D eigenvalue weighted by Crippen LogP contribution is -2.30. The van der Waals surface area contributed by atoms with Gasteiger partial charge < -0.3 is 14.2 Å². The third kappa shape index (κ3) is 60.7. The lowest BCUT2D eigenvalue weighted by Gasteiger charge is -2.18. The summed E-state index contributed by atoms with van der Waals surface area (Å²) < 4.78 is 16.8. The Bertz CT molecular complexity index is 1590. The average molecular weight is 1050 g/mol. The van der Waals surface area contributed by atoms with Crippen molar-refractivity contribution in [2.75, 3.05) is 13.2 Å². The van der Waals surface area contributed by atoms with Crippen molar-refractivity contribution in [3.05, 3.63) is 122 Å². The van der Waals surface area contributed by atoms with Crippen molar-refractivity contribution in [2.45, 2.75) is 290 Å². The largest absolute Gasteiger partial charge is 0.462 e. The normalized spacial score (nSPS) is 12.9. The van der Waals surface area contributed by atoms with Gasteiger partial charge >= 0.3 is 17.9 Å². The van der Waals surface area contributed by atoms with Gasteiger partial charge in [0.25, 0.3) is 0 Å². The second-order valence-corrected chi connectivity index (χ2v) is 20.5. The number of carbonyl (C=O) groups excluding carboxylic acids is 3. The molecule has 0 aromatic rings. The van der Waals surface area contributed by atoms with Gasteiger partial charge in [0.15, 0.2) is 6.10 Å². The minimum absolute atomic E-state index is 0.106. The molecule has 0 rings (SSSR count). The molecule has 6 heteroatoms. The average Bonchev–Trinajstić information content (AvgIpc) is 3.42. The van der Waals surface area contributed by atoms with Crippen molar-refractivity contribution in [3.63, 3.8) is 0 Å². The molecule has 0 amide bonds. The Morgan fingerprint density at radius 1 is 0.276 bits per heavy atom. The molecule has 0 aromatic carbocycles. The molecule has 0 N–H and O–H groups in total. The van der Waals surface area contributed by atoms with E-state index in [-0.39, 0.29) is 37.5 Å². The predicted octanol–water partition coefficient (Wildman–Crippen LogP) is 21.6. The Labute approximate surface area is 469 Å². The van der Waals surface area contributed by atoms with Crippen LogP contribution >= 0.6 is 0 Å². The molecule has 432 valence electrons. The van der Waals surface area contributed by atoms with E-state index in [1.807, 2.05) is 6.08 Å². The second-order valence-electron chi connectivity index (χ2n) is 20.5. The number of unbranched alkanes of at least 4 members (excludes halogenated alkanes) is 25. The van der Waals surface area contributed by atoms with Gasteiger partial charge in [-0.05, 0) is 116 Å². The summed E-state index contributed by atoms with van der Waals surface area (Å²) in [5, 5.41) is 0. The van der Waals surface area contributed by atoms with Gasteiger partial charge in [0.2, 0.25) is 0 Å². The smallest absolute Gasteiger partial charge is 0.306 e. The van der Waals surface area contributed by atoms with Crippen molar-refractivity contribution >= 4 is 17.9 Å².